The predicted molar refractivity (Wildman–Crippen MR) is 92.7 cm³/mol. The van der Waals surface area contributed by atoms with Gasteiger partial charge in [0.1, 0.15) is 5.00 Å². The van der Waals surface area contributed by atoms with E-state index >= 15 is 0 Å². The maximum atomic E-state index is 12.2. The summed E-state index contributed by atoms with van der Waals surface area (Å²) in [7, 11) is 0. The number of carbonyl (C=O) groups is 2. The van der Waals surface area contributed by atoms with E-state index in [9.17, 15) is 9.59 Å². The number of halogens is 1. The Morgan fingerprint density at radius 2 is 1.77 bits per heavy atom. The quantitative estimate of drug-likeness (QED) is 0.624. The molecule has 22 heavy (non-hydrogen) atoms. The lowest BCUT2D eigenvalue weighted by Crippen LogP contribution is -2.20. The van der Waals surface area contributed by atoms with Crippen LogP contribution in [0.1, 0.15) is 34.6 Å². The SMILES string of the molecule is CC(C)=NNC(=O)c1ccsc1NC(=O)c1ccc(Br)cc1. The smallest absolute Gasteiger partial charge is 0.274 e. The second-order valence-electron chi connectivity index (χ2n) is 4.62. The first kappa shape index (κ1) is 16.4. The molecular formula is C15H14BrN3O2S. The first-order chi connectivity index (χ1) is 10.5. The van der Waals surface area contributed by atoms with Gasteiger partial charge >= 0.3 is 0 Å². The molecule has 0 unspecified atom stereocenters. The summed E-state index contributed by atoms with van der Waals surface area (Å²) >= 11 is 4.61. The Hall–Kier alpha value is -1.99. The Bertz CT molecular complexity index is 719. The topological polar surface area (TPSA) is 70.6 Å². The first-order valence-electron chi connectivity index (χ1n) is 6.43. The number of benzene rings is 1. The van der Waals surface area contributed by atoms with Gasteiger partial charge in [0.2, 0.25) is 0 Å². The van der Waals surface area contributed by atoms with E-state index in [-0.39, 0.29) is 11.8 Å². The van der Waals surface area contributed by atoms with Crippen LogP contribution in [0, 0.1) is 0 Å². The van der Waals surface area contributed by atoms with Crippen molar-refractivity contribution >= 4 is 49.8 Å². The van der Waals surface area contributed by atoms with Gasteiger partial charge in [-0.1, -0.05) is 15.9 Å². The minimum atomic E-state index is -0.353. The third kappa shape index (κ3) is 4.25. The molecule has 7 heteroatoms. The van der Waals surface area contributed by atoms with Crippen molar-refractivity contribution in [3.8, 4) is 0 Å². The summed E-state index contributed by atoms with van der Waals surface area (Å²) < 4.78 is 0.896. The van der Waals surface area contributed by atoms with Crippen LogP contribution >= 0.6 is 27.3 Å². The van der Waals surface area contributed by atoms with E-state index < -0.39 is 0 Å². The Morgan fingerprint density at radius 3 is 2.41 bits per heavy atom. The molecule has 0 saturated carbocycles. The Morgan fingerprint density at radius 1 is 1.09 bits per heavy atom. The number of rotatable bonds is 4. The molecule has 0 fully saturated rings. The fourth-order valence-corrected chi connectivity index (χ4v) is 2.63. The molecule has 0 saturated heterocycles. The highest BCUT2D eigenvalue weighted by Crippen LogP contribution is 2.24. The van der Waals surface area contributed by atoms with Gasteiger partial charge in [-0.3, -0.25) is 9.59 Å². The molecule has 0 aliphatic heterocycles. The number of anilines is 1. The fourth-order valence-electron chi connectivity index (χ4n) is 1.58. The normalized spacial score (nSPS) is 9.95. The van der Waals surface area contributed by atoms with Crippen LogP contribution in [0.4, 0.5) is 5.00 Å². The van der Waals surface area contributed by atoms with Crippen molar-refractivity contribution in [2.45, 2.75) is 13.8 Å². The maximum absolute atomic E-state index is 12.2. The highest BCUT2D eigenvalue weighted by Gasteiger charge is 2.15. The minimum absolute atomic E-state index is 0.265. The van der Waals surface area contributed by atoms with Gasteiger partial charge in [0.05, 0.1) is 5.56 Å². The molecule has 114 valence electrons. The van der Waals surface area contributed by atoms with E-state index in [1.165, 1.54) is 11.3 Å². The first-order valence-corrected chi connectivity index (χ1v) is 8.10. The largest absolute Gasteiger partial charge is 0.313 e. The lowest BCUT2D eigenvalue weighted by molar-refractivity contribution is 0.0956. The summed E-state index contributed by atoms with van der Waals surface area (Å²) in [6, 6.07) is 8.64. The third-order valence-corrected chi connectivity index (χ3v) is 3.98. The van der Waals surface area contributed by atoms with Gasteiger partial charge < -0.3 is 5.32 Å². The molecular weight excluding hydrogens is 366 g/mol. The zero-order valence-corrected chi connectivity index (χ0v) is 14.4. The van der Waals surface area contributed by atoms with Gasteiger partial charge in [-0.05, 0) is 49.6 Å². The minimum Gasteiger partial charge on any atom is -0.313 e. The van der Waals surface area contributed by atoms with Crippen LogP contribution in [0.25, 0.3) is 0 Å². The standard InChI is InChI=1S/C15H14BrN3O2S/c1-9(2)18-19-14(21)12-7-8-22-15(12)17-13(20)10-3-5-11(16)6-4-10/h3-8H,1-2H3,(H,17,20)(H,19,21). The highest BCUT2D eigenvalue weighted by atomic mass is 79.9. The van der Waals surface area contributed by atoms with Crippen molar-refractivity contribution < 1.29 is 9.59 Å². The van der Waals surface area contributed by atoms with Crippen LogP contribution in [0.15, 0.2) is 45.3 Å². The van der Waals surface area contributed by atoms with Crippen molar-refractivity contribution in [3.63, 3.8) is 0 Å². The zero-order valence-electron chi connectivity index (χ0n) is 12.0. The maximum Gasteiger partial charge on any atom is 0.274 e. The van der Waals surface area contributed by atoms with E-state index in [1.807, 2.05) is 0 Å². The van der Waals surface area contributed by atoms with Gasteiger partial charge in [0.15, 0.2) is 0 Å². The van der Waals surface area contributed by atoms with E-state index in [1.54, 1.807) is 49.6 Å². The number of hydrogen-bond acceptors (Lipinski definition) is 4. The van der Waals surface area contributed by atoms with E-state index in [2.05, 4.69) is 31.8 Å². The molecule has 0 aliphatic carbocycles. The number of hydrogen-bond donors (Lipinski definition) is 2. The van der Waals surface area contributed by atoms with Crippen molar-refractivity contribution in [1.82, 2.24) is 5.43 Å². The van der Waals surface area contributed by atoms with Crippen LogP contribution in [0.3, 0.4) is 0 Å². The van der Waals surface area contributed by atoms with Crippen LogP contribution in [0.2, 0.25) is 0 Å². The van der Waals surface area contributed by atoms with E-state index in [4.69, 9.17) is 0 Å². The molecule has 0 spiro atoms. The average Bonchev–Trinajstić information content (AvgIpc) is 2.93. The molecule has 1 aromatic carbocycles. The lowest BCUT2D eigenvalue weighted by Gasteiger charge is -2.06. The van der Waals surface area contributed by atoms with E-state index in [0.29, 0.717) is 16.1 Å². The molecule has 0 aliphatic rings. The van der Waals surface area contributed by atoms with Gasteiger partial charge in [-0.25, -0.2) is 5.43 Å². The number of carbonyl (C=O) groups excluding carboxylic acids is 2. The van der Waals surface area contributed by atoms with Crippen molar-refractivity contribution in [1.29, 1.82) is 0 Å². The third-order valence-electron chi connectivity index (χ3n) is 2.62. The van der Waals surface area contributed by atoms with Crippen molar-refractivity contribution in [3.05, 3.63) is 51.3 Å². The van der Waals surface area contributed by atoms with Gasteiger partial charge in [0, 0.05) is 15.7 Å². The summed E-state index contributed by atoms with van der Waals surface area (Å²) in [6.07, 6.45) is 0. The molecule has 2 aromatic rings. The summed E-state index contributed by atoms with van der Waals surface area (Å²) in [5, 5.41) is 8.86. The van der Waals surface area contributed by atoms with Crippen molar-refractivity contribution in [2.75, 3.05) is 5.32 Å². The Balaban J connectivity index is 2.12. The average molecular weight is 380 g/mol. The molecule has 1 heterocycles. The molecule has 1 aromatic heterocycles. The molecule has 0 bridgehead atoms. The van der Waals surface area contributed by atoms with Crippen LogP contribution < -0.4 is 10.7 Å². The van der Waals surface area contributed by atoms with E-state index in [0.717, 1.165) is 10.2 Å². The van der Waals surface area contributed by atoms with Gasteiger partial charge in [-0.15, -0.1) is 11.3 Å². The summed E-state index contributed by atoms with van der Waals surface area (Å²) in [4.78, 5) is 24.2. The molecule has 0 radical (unpaired) electrons. The van der Waals surface area contributed by atoms with Gasteiger partial charge in [-0.2, -0.15) is 5.10 Å². The Labute approximate surface area is 140 Å². The monoisotopic (exact) mass is 379 g/mol. The number of hydrazone groups is 1. The highest BCUT2D eigenvalue weighted by molar-refractivity contribution is 9.10. The van der Waals surface area contributed by atoms with Crippen molar-refractivity contribution in [2.24, 2.45) is 5.10 Å². The molecule has 2 rings (SSSR count). The predicted octanol–water partition coefficient (Wildman–Crippen LogP) is 3.89. The van der Waals surface area contributed by atoms with Gasteiger partial charge in [0.25, 0.3) is 11.8 Å². The second-order valence-corrected chi connectivity index (χ2v) is 6.46. The second kappa shape index (κ2) is 7.33. The van der Waals surface area contributed by atoms with Crippen LogP contribution in [-0.2, 0) is 0 Å². The Kier molecular flexibility index (Phi) is 5.46. The lowest BCUT2D eigenvalue weighted by atomic mass is 10.2. The van der Waals surface area contributed by atoms with Crippen LogP contribution in [-0.4, -0.2) is 17.5 Å². The number of nitrogens with one attached hydrogen (secondary N) is 2. The fraction of sp³-hybridized carbons (Fsp3) is 0.133. The molecule has 5 nitrogen and oxygen atoms in total. The van der Waals surface area contributed by atoms with Crippen LogP contribution in [0.5, 0.6) is 0 Å². The summed E-state index contributed by atoms with van der Waals surface area (Å²) in [5.41, 5.74) is 4.09. The molecule has 2 amide bonds. The molecule has 0 atom stereocenters. The number of nitrogens with zero attached hydrogens (tertiary/aromatic N) is 1. The summed E-state index contributed by atoms with van der Waals surface area (Å²) in [5.74, 6) is -0.618. The molecule has 2 N–H and O–H groups in total. The number of amides is 2. The summed E-state index contributed by atoms with van der Waals surface area (Å²) in [6.45, 7) is 3.56. The number of thiophene rings is 1. The zero-order chi connectivity index (χ0) is 16.1.